The van der Waals surface area contributed by atoms with E-state index in [-0.39, 0.29) is 18.1 Å². The maximum Gasteiger partial charge on any atom is 0.221 e. The molecule has 0 bridgehead atoms. The van der Waals surface area contributed by atoms with Crippen molar-refractivity contribution < 1.29 is 19.0 Å². The lowest BCUT2D eigenvalue weighted by Gasteiger charge is -2.25. The molecule has 0 aromatic heterocycles. The van der Waals surface area contributed by atoms with E-state index in [1.54, 1.807) is 7.11 Å². The molecule has 0 radical (unpaired) electrons. The van der Waals surface area contributed by atoms with Gasteiger partial charge in [0.15, 0.2) is 0 Å². The van der Waals surface area contributed by atoms with Gasteiger partial charge in [0, 0.05) is 50.9 Å². The summed E-state index contributed by atoms with van der Waals surface area (Å²) in [6, 6.07) is 6.21. The molecular formula is C20H30N2O4. The first kappa shape index (κ1) is 19.0. The molecule has 1 amide bonds. The zero-order valence-electron chi connectivity index (χ0n) is 15.8. The third-order valence-corrected chi connectivity index (χ3v) is 5.11. The molecule has 2 aliphatic rings. The normalized spacial score (nSPS) is 21.4. The van der Waals surface area contributed by atoms with Crippen molar-refractivity contribution in [1.29, 1.82) is 0 Å². The average molecular weight is 362 g/mol. The summed E-state index contributed by atoms with van der Waals surface area (Å²) >= 11 is 0. The van der Waals surface area contributed by atoms with Crippen LogP contribution in [-0.4, -0.2) is 56.4 Å². The zero-order chi connectivity index (χ0) is 18.4. The van der Waals surface area contributed by atoms with Crippen LogP contribution in [0.5, 0.6) is 11.5 Å². The van der Waals surface area contributed by atoms with Gasteiger partial charge in [0.25, 0.3) is 0 Å². The molecule has 6 nitrogen and oxygen atoms in total. The molecule has 0 spiro atoms. The van der Waals surface area contributed by atoms with Crippen LogP contribution >= 0.6 is 0 Å². The first-order valence-corrected chi connectivity index (χ1v) is 9.61. The summed E-state index contributed by atoms with van der Waals surface area (Å²) in [6.07, 6.45) is 3.41. The van der Waals surface area contributed by atoms with E-state index in [0.717, 1.165) is 69.2 Å². The van der Waals surface area contributed by atoms with E-state index in [0.29, 0.717) is 6.42 Å². The molecule has 2 heterocycles. The Hall–Kier alpha value is -1.79. The van der Waals surface area contributed by atoms with E-state index in [2.05, 4.69) is 17.1 Å². The number of rotatable bonds is 6. The number of methoxy groups -OCH3 is 1. The summed E-state index contributed by atoms with van der Waals surface area (Å²) in [5.41, 5.74) is 1.12. The standard InChI is InChI=1S/C20H30N2O4/c1-3-17-14-22(9-6-20(23)21-16-7-10-25-11-8-16)13-15-12-18(24-2)4-5-19(15)26-17/h4-5,12,16-17H,3,6-11,13-14H2,1-2H3,(H,21,23)/t17-/m0/s1. The van der Waals surface area contributed by atoms with Crippen LogP contribution in [0.2, 0.25) is 0 Å². The molecule has 0 saturated carbocycles. The summed E-state index contributed by atoms with van der Waals surface area (Å²) in [7, 11) is 1.67. The number of fused-ring (bicyclic) bond motifs is 1. The van der Waals surface area contributed by atoms with Crippen LogP contribution in [0.3, 0.4) is 0 Å². The van der Waals surface area contributed by atoms with Crippen LogP contribution in [0.1, 0.15) is 38.2 Å². The number of amides is 1. The maximum absolute atomic E-state index is 12.3. The van der Waals surface area contributed by atoms with Crippen molar-refractivity contribution in [3.05, 3.63) is 23.8 Å². The first-order valence-electron chi connectivity index (χ1n) is 9.61. The topological polar surface area (TPSA) is 60.0 Å². The zero-order valence-corrected chi connectivity index (χ0v) is 15.8. The van der Waals surface area contributed by atoms with Crippen LogP contribution in [0.15, 0.2) is 18.2 Å². The number of carbonyl (C=O) groups is 1. The second kappa shape index (κ2) is 9.24. The number of hydrogen-bond acceptors (Lipinski definition) is 5. The number of carbonyl (C=O) groups excluding carboxylic acids is 1. The highest BCUT2D eigenvalue weighted by Gasteiger charge is 2.23. The second-order valence-corrected chi connectivity index (χ2v) is 7.06. The Labute approximate surface area is 155 Å². The highest BCUT2D eigenvalue weighted by molar-refractivity contribution is 5.76. The number of nitrogens with zero attached hydrogens (tertiary/aromatic N) is 1. The van der Waals surface area contributed by atoms with Gasteiger partial charge in [-0.15, -0.1) is 0 Å². The molecule has 6 heteroatoms. The molecule has 1 N–H and O–H groups in total. The molecule has 1 atom stereocenters. The Balaban J connectivity index is 1.58. The van der Waals surface area contributed by atoms with E-state index in [4.69, 9.17) is 14.2 Å². The SMILES string of the molecule is CC[C@H]1CN(CCC(=O)NC2CCOCC2)Cc2cc(OC)ccc2O1. The Kier molecular flexibility index (Phi) is 6.74. The van der Waals surface area contributed by atoms with Gasteiger partial charge in [-0.1, -0.05) is 6.92 Å². The van der Waals surface area contributed by atoms with Gasteiger partial charge in [-0.05, 0) is 37.5 Å². The van der Waals surface area contributed by atoms with Gasteiger partial charge < -0.3 is 19.5 Å². The fourth-order valence-electron chi connectivity index (χ4n) is 3.52. The fraction of sp³-hybridized carbons (Fsp3) is 0.650. The number of hydrogen-bond donors (Lipinski definition) is 1. The van der Waals surface area contributed by atoms with E-state index < -0.39 is 0 Å². The molecule has 3 rings (SSSR count). The number of ether oxygens (including phenoxy) is 3. The largest absolute Gasteiger partial charge is 0.497 e. The summed E-state index contributed by atoms with van der Waals surface area (Å²) in [4.78, 5) is 14.6. The highest BCUT2D eigenvalue weighted by atomic mass is 16.5. The van der Waals surface area contributed by atoms with Crippen LogP contribution in [-0.2, 0) is 16.1 Å². The van der Waals surface area contributed by atoms with E-state index in [1.165, 1.54) is 0 Å². The molecular weight excluding hydrogens is 332 g/mol. The molecule has 0 aliphatic carbocycles. The summed E-state index contributed by atoms with van der Waals surface area (Å²) < 4.78 is 16.8. The van der Waals surface area contributed by atoms with Gasteiger partial charge in [0.05, 0.1) is 7.11 Å². The van der Waals surface area contributed by atoms with Crippen molar-refractivity contribution in [3.8, 4) is 11.5 Å². The lowest BCUT2D eigenvalue weighted by molar-refractivity contribution is -0.122. The fourth-order valence-corrected chi connectivity index (χ4v) is 3.52. The minimum absolute atomic E-state index is 0.126. The minimum atomic E-state index is 0.126. The third-order valence-electron chi connectivity index (χ3n) is 5.11. The van der Waals surface area contributed by atoms with Crippen molar-refractivity contribution in [2.45, 2.75) is 51.3 Å². The summed E-state index contributed by atoms with van der Waals surface area (Å²) in [5.74, 6) is 1.88. The van der Waals surface area contributed by atoms with E-state index in [1.807, 2.05) is 18.2 Å². The molecule has 26 heavy (non-hydrogen) atoms. The van der Waals surface area contributed by atoms with Gasteiger partial charge in [0.2, 0.25) is 5.91 Å². The first-order chi connectivity index (χ1) is 12.7. The predicted octanol–water partition coefficient (Wildman–Crippen LogP) is 2.35. The quantitative estimate of drug-likeness (QED) is 0.842. The Morgan fingerprint density at radius 1 is 1.35 bits per heavy atom. The predicted molar refractivity (Wildman–Crippen MR) is 99.6 cm³/mol. The molecule has 2 aliphatic heterocycles. The van der Waals surface area contributed by atoms with Crippen LogP contribution in [0.4, 0.5) is 0 Å². The van der Waals surface area contributed by atoms with Crippen LogP contribution < -0.4 is 14.8 Å². The van der Waals surface area contributed by atoms with Crippen LogP contribution in [0, 0.1) is 0 Å². The molecule has 1 fully saturated rings. The van der Waals surface area contributed by atoms with Gasteiger partial charge in [-0.2, -0.15) is 0 Å². The lowest BCUT2D eigenvalue weighted by atomic mass is 10.1. The third kappa shape index (κ3) is 5.11. The molecule has 1 aromatic carbocycles. The molecule has 1 saturated heterocycles. The van der Waals surface area contributed by atoms with Gasteiger partial charge >= 0.3 is 0 Å². The maximum atomic E-state index is 12.3. The Bertz CT molecular complexity index is 601. The van der Waals surface area contributed by atoms with E-state index in [9.17, 15) is 4.79 Å². The second-order valence-electron chi connectivity index (χ2n) is 7.06. The molecule has 0 unspecified atom stereocenters. The van der Waals surface area contributed by atoms with Crippen molar-refractivity contribution in [2.24, 2.45) is 0 Å². The average Bonchev–Trinajstić information content (AvgIpc) is 2.85. The van der Waals surface area contributed by atoms with Gasteiger partial charge in [-0.25, -0.2) is 0 Å². The van der Waals surface area contributed by atoms with Gasteiger partial charge in [0.1, 0.15) is 17.6 Å². The molecule has 1 aromatic rings. The van der Waals surface area contributed by atoms with Crippen molar-refractivity contribution in [3.63, 3.8) is 0 Å². The lowest BCUT2D eigenvalue weighted by Crippen LogP contribution is -2.41. The number of nitrogens with one attached hydrogen (secondary N) is 1. The monoisotopic (exact) mass is 362 g/mol. The smallest absolute Gasteiger partial charge is 0.221 e. The summed E-state index contributed by atoms with van der Waals surface area (Å²) in [6.45, 7) is 5.95. The van der Waals surface area contributed by atoms with E-state index >= 15 is 0 Å². The highest BCUT2D eigenvalue weighted by Crippen LogP contribution is 2.29. The van der Waals surface area contributed by atoms with Crippen molar-refractivity contribution in [2.75, 3.05) is 33.4 Å². The Morgan fingerprint density at radius 3 is 2.88 bits per heavy atom. The number of benzene rings is 1. The Morgan fingerprint density at radius 2 is 2.15 bits per heavy atom. The van der Waals surface area contributed by atoms with Crippen LogP contribution in [0.25, 0.3) is 0 Å². The van der Waals surface area contributed by atoms with Gasteiger partial charge in [-0.3, -0.25) is 9.69 Å². The summed E-state index contributed by atoms with van der Waals surface area (Å²) in [5, 5.41) is 3.14. The molecule has 144 valence electrons. The van der Waals surface area contributed by atoms with Crippen molar-refractivity contribution in [1.82, 2.24) is 10.2 Å². The minimum Gasteiger partial charge on any atom is -0.497 e. The van der Waals surface area contributed by atoms with Crippen molar-refractivity contribution >= 4 is 5.91 Å².